The summed E-state index contributed by atoms with van der Waals surface area (Å²) in [5.41, 5.74) is 0.583. The van der Waals surface area contributed by atoms with Gasteiger partial charge in [0.2, 0.25) is 0 Å². The second-order valence-corrected chi connectivity index (χ2v) is 3.98. The number of benzene rings is 1. The maximum atomic E-state index is 10.6. The Morgan fingerprint density at radius 1 is 1.47 bits per heavy atom. The van der Waals surface area contributed by atoms with E-state index in [1.807, 2.05) is 0 Å². The van der Waals surface area contributed by atoms with E-state index in [9.17, 15) is 15.0 Å². The quantitative estimate of drug-likeness (QED) is 0.712. The van der Waals surface area contributed by atoms with Crippen molar-refractivity contribution in [2.75, 3.05) is 6.61 Å². The zero-order valence-corrected chi connectivity index (χ0v) is 9.44. The van der Waals surface area contributed by atoms with Gasteiger partial charge in [0.15, 0.2) is 6.29 Å². The van der Waals surface area contributed by atoms with Gasteiger partial charge in [-0.05, 0) is 12.1 Å². The first-order valence-corrected chi connectivity index (χ1v) is 5.14. The summed E-state index contributed by atoms with van der Waals surface area (Å²) < 4.78 is 0.595. The average Bonchev–Trinajstić information content (AvgIpc) is 2.24. The molecule has 0 saturated heterocycles. The predicted octanol–water partition coefficient (Wildman–Crippen LogP) is 0.863. The molecule has 0 aliphatic carbocycles. The van der Waals surface area contributed by atoms with Gasteiger partial charge in [-0.2, -0.15) is 0 Å². The molecule has 5 heteroatoms. The van der Waals surface area contributed by atoms with Crippen LogP contribution in [-0.2, 0) is 6.42 Å². The highest BCUT2D eigenvalue weighted by molar-refractivity contribution is 9.10. The standard InChI is InChI=1S/C10H11BrO4/c11-9-2-1-6(4-12)10(15)8(9)3-7(14)5-13/h1-2,4,7,13-15H,3,5H2. The van der Waals surface area contributed by atoms with Crippen LogP contribution in [-0.4, -0.2) is 34.3 Å². The van der Waals surface area contributed by atoms with Crippen molar-refractivity contribution in [3.63, 3.8) is 0 Å². The normalized spacial score (nSPS) is 12.5. The van der Waals surface area contributed by atoms with Crippen LogP contribution >= 0.6 is 15.9 Å². The Labute approximate surface area is 95.3 Å². The first-order chi connectivity index (χ1) is 7.10. The summed E-state index contributed by atoms with van der Waals surface area (Å²) in [5.74, 6) is -0.160. The van der Waals surface area contributed by atoms with Gasteiger partial charge < -0.3 is 15.3 Å². The van der Waals surface area contributed by atoms with Gasteiger partial charge in [0.25, 0.3) is 0 Å². The number of aliphatic hydroxyl groups excluding tert-OH is 2. The van der Waals surface area contributed by atoms with Crippen LogP contribution in [0.2, 0.25) is 0 Å². The van der Waals surface area contributed by atoms with Crippen LogP contribution in [0.3, 0.4) is 0 Å². The fourth-order valence-electron chi connectivity index (χ4n) is 1.22. The lowest BCUT2D eigenvalue weighted by molar-refractivity contribution is 0.0947. The predicted molar refractivity (Wildman–Crippen MR) is 58.0 cm³/mol. The van der Waals surface area contributed by atoms with E-state index in [-0.39, 0.29) is 17.7 Å². The highest BCUT2D eigenvalue weighted by Crippen LogP contribution is 2.29. The molecule has 1 rings (SSSR count). The molecule has 0 aliphatic rings. The minimum Gasteiger partial charge on any atom is -0.507 e. The smallest absolute Gasteiger partial charge is 0.153 e. The maximum absolute atomic E-state index is 10.6. The maximum Gasteiger partial charge on any atom is 0.153 e. The molecule has 0 amide bonds. The Morgan fingerprint density at radius 2 is 2.13 bits per heavy atom. The lowest BCUT2D eigenvalue weighted by Gasteiger charge is -2.11. The van der Waals surface area contributed by atoms with Crippen LogP contribution < -0.4 is 0 Å². The van der Waals surface area contributed by atoms with E-state index in [4.69, 9.17) is 5.11 Å². The molecule has 1 aromatic carbocycles. The number of halogens is 1. The number of carbonyl (C=O) groups excluding carboxylic acids is 1. The summed E-state index contributed by atoms with van der Waals surface area (Å²) in [6.45, 7) is -0.392. The van der Waals surface area contributed by atoms with Crippen LogP contribution in [0.4, 0.5) is 0 Å². The number of aliphatic hydroxyl groups is 2. The van der Waals surface area contributed by atoms with Crippen molar-refractivity contribution in [2.45, 2.75) is 12.5 Å². The third-order valence-electron chi connectivity index (χ3n) is 2.03. The third-order valence-corrected chi connectivity index (χ3v) is 2.78. The molecule has 0 spiro atoms. The SMILES string of the molecule is O=Cc1ccc(Br)c(CC(O)CO)c1O. The second kappa shape index (κ2) is 5.25. The first kappa shape index (κ1) is 12.2. The number of hydrogen-bond acceptors (Lipinski definition) is 4. The summed E-state index contributed by atoms with van der Waals surface area (Å²) in [4.78, 5) is 10.6. The van der Waals surface area contributed by atoms with E-state index in [0.29, 0.717) is 16.3 Å². The molecular weight excluding hydrogens is 264 g/mol. The molecule has 0 aromatic heterocycles. The highest BCUT2D eigenvalue weighted by Gasteiger charge is 2.14. The van der Waals surface area contributed by atoms with Crippen molar-refractivity contribution in [1.29, 1.82) is 0 Å². The molecule has 0 radical (unpaired) electrons. The van der Waals surface area contributed by atoms with Gasteiger partial charge in [-0.25, -0.2) is 0 Å². The summed E-state index contributed by atoms with van der Waals surface area (Å²) >= 11 is 3.20. The van der Waals surface area contributed by atoms with Crippen molar-refractivity contribution in [2.24, 2.45) is 0 Å². The van der Waals surface area contributed by atoms with Gasteiger partial charge in [-0.15, -0.1) is 0 Å². The van der Waals surface area contributed by atoms with E-state index in [1.54, 1.807) is 6.07 Å². The lowest BCUT2D eigenvalue weighted by atomic mass is 10.0. The fourth-order valence-corrected chi connectivity index (χ4v) is 1.70. The van der Waals surface area contributed by atoms with Crippen LogP contribution in [0.1, 0.15) is 15.9 Å². The van der Waals surface area contributed by atoms with Crippen LogP contribution in [0.25, 0.3) is 0 Å². The van der Waals surface area contributed by atoms with Crippen molar-refractivity contribution in [3.8, 4) is 5.75 Å². The van der Waals surface area contributed by atoms with Gasteiger partial charge in [-0.3, -0.25) is 4.79 Å². The van der Waals surface area contributed by atoms with Crippen LogP contribution in [0.15, 0.2) is 16.6 Å². The molecule has 1 aromatic rings. The van der Waals surface area contributed by atoms with Crippen molar-refractivity contribution < 1.29 is 20.1 Å². The molecule has 4 nitrogen and oxygen atoms in total. The molecule has 15 heavy (non-hydrogen) atoms. The number of aldehydes is 1. The first-order valence-electron chi connectivity index (χ1n) is 4.34. The monoisotopic (exact) mass is 274 g/mol. The Bertz CT molecular complexity index is 365. The topological polar surface area (TPSA) is 77.8 Å². The third kappa shape index (κ3) is 2.77. The van der Waals surface area contributed by atoms with Crippen LogP contribution in [0, 0.1) is 0 Å². The summed E-state index contributed by atoms with van der Waals surface area (Å²) in [6, 6.07) is 3.09. The van der Waals surface area contributed by atoms with E-state index in [2.05, 4.69) is 15.9 Å². The minimum atomic E-state index is -0.950. The van der Waals surface area contributed by atoms with Gasteiger partial charge in [-0.1, -0.05) is 15.9 Å². The Hall–Kier alpha value is -0.910. The fraction of sp³-hybridized carbons (Fsp3) is 0.300. The molecule has 0 bridgehead atoms. The molecule has 1 unspecified atom stereocenters. The molecular formula is C10H11BrO4. The van der Waals surface area contributed by atoms with Crippen molar-refractivity contribution >= 4 is 22.2 Å². The lowest BCUT2D eigenvalue weighted by Crippen LogP contribution is -2.15. The molecule has 3 N–H and O–H groups in total. The number of phenolic OH excluding ortho intramolecular Hbond substituents is 1. The molecule has 0 fully saturated rings. The number of hydrogen-bond donors (Lipinski definition) is 3. The zero-order chi connectivity index (χ0) is 11.4. The van der Waals surface area contributed by atoms with Gasteiger partial charge in [0.1, 0.15) is 5.75 Å². The zero-order valence-electron chi connectivity index (χ0n) is 7.85. The number of rotatable bonds is 4. The molecule has 0 heterocycles. The molecule has 0 saturated carbocycles. The summed E-state index contributed by atoms with van der Waals surface area (Å²) in [6.07, 6.45) is -0.324. The van der Waals surface area contributed by atoms with Gasteiger partial charge in [0.05, 0.1) is 18.3 Å². The number of carbonyl (C=O) groups is 1. The van der Waals surface area contributed by atoms with Crippen molar-refractivity contribution in [3.05, 3.63) is 27.7 Å². The van der Waals surface area contributed by atoms with E-state index in [0.717, 1.165) is 0 Å². The summed E-state index contributed by atoms with van der Waals surface area (Å²) in [7, 11) is 0. The average molecular weight is 275 g/mol. The second-order valence-electron chi connectivity index (χ2n) is 3.12. The van der Waals surface area contributed by atoms with E-state index in [1.165, 1.54) is 6.07 Å². The number of aromatic hydroxyl groups is 1. The van der Waals surface area contributed by atoms with E-state index >= 15 is 0 Å². The largest absolute Gasteiger partial charge is 0.507 e. The molecule has 1 atom stereocenters. The van der Waals surface area contributed by atoms with E-state index < -0.39 is 12.7 Å². The highest BCUT2D eigenvalue weighted by atomic mass is 79.9. The molecule has 0 aliphatic heterocycles. The Morgan fingerprint density at radius 3 is 2.67 bits per heavy atom. The molecule has 82 valence electrons. The minimum absolute atomic E-state index is 0.0879. The Kier molecular flexibility index (Phi) is 4.26. The summed E-state index contributed by atoms with van der Waals surface area (Å²) in [5, 5.41) is 27.6. The van der Waals surface area contributed by atoms with Crippen LogP contribution in [0.5, 0.6) is 5.75 Å². The van der Waals surface area contributed by atoms with Gasteiger partial charge >= 0.3 is 0 Å². The Balaban J connectivity index is 3.09. The number of phenols is 1. The van der Waals surface area contributed by atoms with Gasteiger partial charge in [0, 0.05) is 16.5 Å². The van der Waals surface area contributed by atoms with Crippen molar-refractivity contribution in [1.82, 2.24) is 0 Å².